The Labute approximate surface area is 114 Å². The van der Waals surface area contributed by atoms with Gasteiger partial charge in [-0.3, -0.25) is 4.68 Å². The lowest BCUT2D eigenvalue weighted by atomic mass is 10.0. The second-order valence-corrected chi connectivity index (χ2v) is 4.91. The van der Waals surface area contributed by atoms with Crippen LogP contribution in [0.4, 0.5) is 0 Å². The molecule has 1 aromatic carbocycles. The number of rotatable bonds is 5. The van der Waals surface area contributed by atoms with Crippen LogP contribution in [-0.2, 0) is 19.4 Å². The van der Waals surface area contributed by atoms with Gasteiger partial charge in [-0.1, -0.05) is 31.2 Å². The number of nitrogens with zero attached hydrogens (tertiary/aromatic N) is 2. The topological polar surface area (TPSA) is 38.1 Å². The van der Waals surface area contributed by atoms with Crippen molar-refractivity contribution in [2.75, 3.05) is 0 Å². The minimum Gasteiger partial charge on any atom is -0.388 e. The van der Waals surface area contributed by atoms with Crippen LogP contribution >= 0.6 is 0 Å². The molecule has 1 atom stereocenters. The molecule has 0 saturated carbocycles. The Morgan fingerprint density at radius 1 is 1.21 bits per heavy atom. The fourth-order valence-electron chi connectivity index (χ4n) is 2.33. The first kappa shape index (κ1) is 13.8. The molecule has 102 valence electrons. The Morgan fingerprint density at radius 2 is 1.89 bits per heavy atom. The van der Waals surface area contributed by atoms with E-state index in [4.69, 9.17) is 0 Å². The molecule has 19 heavy (non-hydrogen) atoms. The fraction of sp³-hybridized carbons (Fsp3) is 0.438. The summed E-state index contributed by atoms with van der Waals surface area (Å²) in [5, 5.41) is 14.7. The number of aliphatic hydroxyl groups is 1. The number of benzene rings is 1. The molecular weight excluding hydrogens is 236 g/mol. The lowest BCUT2D eigenvalue weighted by Gasteiger charge is -2.12. The highest BCUT2D eigenvalue weighted by atomic mass is 16.3. The molecule has 1 N–H and O–H groups in total. The van der Waals surface area contributed by atoms with Crippen LogP contribution in [0, 0.1) is 6.92 Å². The van der Waals surface area contributed by atoms with Crippen LogP contribution in [-0.4, -0.2) is 14.9 Å². The largest absolute Gasteiger partial charge is 0.388 e. The van der Waals surface area contributed by atoms with Crippen LogP contribution in [0.1, 0.15) is 42.5 Å². The smallest absolute Gasteiger partial charge is 0.0845 e. The van der Waals surface area contributed by atoms with Crippen LogP contribution in [0.2, 0.25) is 0 Å². The van der Waals surface area contributed by atoms with Crippen molar-refractivity contribution in [3.63, 3.8) is 0 Å². The third kappa shape index (κ3) is 3.24. The molecule has 0 aliphatic rings. The Kier molecular flexibility index (Phi) is 4.38. The van der Waals surface area contributed by atoms with Crippen molar-refractivity contribution in [2.45, 2.75) is 46.3 Å². The molecule has 1 heterocycles. The zero-order valence-electron chi connectivity index (χ0n) is 11.9. The summed E-state index contributed by atoms with van der Waals surface area (Å²) < 4.78 is 1.96. The fourth-order valence-corrected chi connectivity index (χ4v) is 2.33. The molecule has 0 radical (unpaired) electrons. The summed E-state index contributed by atoms with van der Waals surface area (Å²) in [6, 6.07) is 10.3. The van der Waals surface area contributed by atoms with Gasteiger partial charge in [0.2, 0.25) is 0 Å². The Morgan fingerprint density at radius 3 is 2.47 bits per heavy atom. The van der Waals surface area contributed by atoms with Crippen molar-refractivity contribution < 1.29 is 5.11 Å². The molecule has 0 saturated heterocycles. The zero-order chi connectivity index (χ0) is 13.8. The highest BCUT2D eigenvalue weighted by Gasteiger charge is 2.12. The molecule has 0 aliphatic heterocycles. The summed E-state index contributed by atoms with van der Waals surface area (Å²) in [6.45, 7) is 7.02. The van der Waals surface area contributed by atoms with Crippen LogP contribution in [0.3, 0.4) is 0 Å². The SMILES string of the molecule is CCc1ccc(C(O)Cc2cc(C)nn2CC)cc1. The molecule has 0 amide bonds. The molecule has 0 aliphatic carbocycles. The van der Waals surface area contributed by atoms with Gasteiger partial charge in [-0.2, -0.15) is 5.10 Å². The van der Waals surface area contributed by atoms with Crippen LogP contribution in [0.5, 0.6) is 0 Å². The normalized spacial score (nSPS) is 12.6. The molecule has 1 unspecified atom stereocenters. The number of hydrogen-bond donors (Lipinski definition) is 1. The van der Waals surface area contributed by atoms with Crippen molar-refractivity contribution in [3.05, 3.63) is 52.8 Å². The number of aryl methyl sites for hydroxylation is 3. The first-order valence-corrected chi connectivity index (χ1v) is 6.94. The maximum Gasteiger partial charge on any atom is 0.0845 e. The van der Waals surface area contributed by atoms with Crippen molar-refractivity contribution >= 4 is 0 Å². The van der Waals surface area contributed by atoms with E-state index < -0.39 is 6.10 Å². The average Bonchev–Trinajstić information content (AvgIpc) is 2.78. The van der Waals surface area contributed by atoms with E-state index in [2.05, 4.69) is 31.1 Å². The van der Waals surface area contributed by atoms with Crippen LogP contribution in [0.25, 0.3) is 0 Å². The van der Waals surface area contributed by atoms with Crippen LogP contribution in [0.15, 0.2) is 30.3 Å². The highest BCUT2D eigenvalue weighted by Crippen LogP contribution is 2.19. The second kappa shape index (κ2) is 6.02. The van der Waals surface area contributed by atoms with Gasteiger partial charge in [-0.15, -0.1) is 0 Å². The zero-order valence-corrected chi connectivity index (χ0v) is 11.9. The molecule has 3 heteroatoms. The van der Waals surface area contributed by atoms with Crippen molar-refractivity contribution in [3.8, 4) is 0 Å². The monoisotopic (exact) mass is 258 g/mol. The molecule has 2 rings (SSSR count). The van der Waals surface area contributed by atoms with Gasteiger partial charge in [0.05, 0.1) is 11.8 Å². The van der Waals surface area contributed by atoms with Crippen molar-refractivity contribution in [1.82, 2.24) is 9.78 Å². The van der Waals surface area contributed by atoms with Gasteiger partial charge < -0.3 is 5.11 Å². The van der Waals surface area contributed by atoms with E-state index >= 15 is 0 Å². The summed E-state index contributed by atoms with van der Waals surface area (Å²) >= 11 is 0. The number of hydrogen-bond acceptors (Lipinski definition) is 2. The van der Waals surface area contributed by atoms with Gasteiger partial charge in [0.1, 0.15) is 0 Å². The van der Waals surface area contributed by atoms with Gasteiger partial charge >= 0.3 is 0 Å². The third-order valence-electron chi connectivity index (χ3n) is 3.46. The Bertz CT molecular complexity index is 528. The summed E-state index contributed by atoms with van der Waals surface area (Å²) in [5.74, 6) is 0. The quantitative estimate of drug-likeness (QED) is 0.895. The lowest BCUT2D eigenvalue weighted by Crippen LogP contribution is -2.08. The van der Waals surface area contributed by atoms with Gasteiger partial charge in [-0.25, -0.2) is 0 Å². The Balaban J connectivity index is 2.12. The van der Waals surface area contributed by atoms with E-state index in [0.717, 1.165) is 29.9 Å². The highest BCUT2D eigenvalue weighted by molar-refractivity contribution is 5.25. The minimum atomic E-state index is -0.465. The van der Waals surface area contributed by atoms with Crippen LogP contribution < -0.4 is 0 Å². The van der Waals surface area contributed by atoms with Crippen molar-refractivity contribution in [1.29, 1.82) is 0 Å². The summed E-state index contributed by atoms with van der Waals surface area (Å²) in [4.78, 5) is 0. The van der Waals surface area contributed by atoms with E-state index in [1.54, 1.807) is 0 Å². The standard InChI is InChI=1S/C16H22N2O/c1-4-13-6-8-14(9-7-13)16(19)11-15-10-12(3)17-18(15)5-2/h6-10,16,19H,4-5,11H2,1-3H3. The predicted octanol–water partition coefficient (Wildman–Crippen LogP) is 3.05. The molecule has 2 aromatic rings. The summed E-state index contributed by atoms with van der Waals surface area (Å²) in [5.41, 5.74) is 4.36. The summed E-state index contributed by atoms with van der Waals surface area (Å²) in [6.07, 6.45) is 1.17. The van der Waals surface area contributed by atoms with Crippen molar-refractivity contribution in [2.24, 2.45) is 0 Å². The Hall–Kier alpha value is -1.61. The van der Waals surface area contributed by atoms with E-state index in [9.17, 15) is 5.11 Å². The lowest BCUT2D eigenvalue weighted by molar-refractivity contribution is 0.175. The molecule has 3 nitrogen and oxygen atoms in total. The first-order valence-electron chi connectivity index (χ1n) is 6.94. The van der Waals surface area contributed by atoms with Gasteiger partial charge in [0.15, 0.2) is 0 Å². The molecule has 0 fully saturated rings. The van der Waals surface area contributed by atoms with E-state index in [1.165, 1.54) is 5.56 Å². The van der Waals surface area contributed by atoms with E-state index in [-0.39, 0.29) is 0 Å². The summed E-state index contributed by atoms with van der Waals surface area (Å²) in [7, 11) is 0. The number of aromatic nitrogens is 2. The first-order chi connectivity index (χ1) is 9.13. The van der Waals surface area contributed by atoms with E-state index in [1.807, 2.05) is 29.8 Å². The number of aliphatic hydroxyl groups excluding tert-OH is 1. The molecule has 0 spiro atoms. The average molecular weight is 258 g/mol. The third-order valence-corrected chi connectivity index (χ3v) is 3.46. The van der Waals surface area contributed by atoms with Gasteiger partial charge in [0, 0.05) is 18.7 Å². The molecule has 0 bridgehead atoms. The van der Waals surface area contributed by atoms with E-state index in [0.29, 0.717) is 6.42 Å². The van der Waals surface area contributed by atoms with Gasteiger partial charge in [0.25, 0.3) is 0 Å². The predicted molar refractivity (Wildman–Crippen MR) is 77.1 cm³/mol. The maximum atomic E-state index is 10.3. The van der Waals surface area contributed by atoms with Gasteiger partial charge in [-0.05, 0) is 37.5 Å². The molecule has 1 aromatic heterocycles. The second-order valence-electron chi connectivity index (χ2n) is 4.91. The maximum absolute atomic E-state index is 10.3. The molecular formula is C16H22N2O. The minimum absolute atomic E-state index is 0.465.